The predicted octanol–water partition coefficient (Wildman–Crippen LogP) is 5.05. The van der Waals surface area contributed by atoms with E-state index < -0.39 is 11.9 Å². The Morgan fingerprint density at radius 3 is 2.36 bits per heavy atom. The lowest BCUT2D eigenvalue weighted by Gasteiger charge is -2.24. The van der Waals surface area contributed by atoms with E-state index >= 15 is 0 Å². The zero-order valence-electron chi connectivity index (χ0n) is 17.6. The monoisotopic (exact) mass is 481 g/mol. The average Bonchev–Trinajstić information content (AvgIpc) is 3.04. The summed E-state index contributed by atoms with van der Waals surface area (Å²) in [5.74, 6) is -1.23. The molecule has 1 saturated heterocycles. The van der Waals surface area contributed by atoms with Crippen LogP contribution in [-0.2, 0) is 16.0 Å². The summed E-state index contributed by atoms with van der Waals surface area (Å²) in [5, 5.41) is 3.49. The topological polar surface area (TPSA) is 52.7 Å². The van der Waals surface area contributed by atoms with Crippen molar-refractivity contribution in [2.24, 2.45) is 0 Å². The summed E-state index contributed by atoms with van der Waals surface area (Å²) in [6.07, 6.45) is 0.402. The van der Waals surface area contributed by atoms with Crippen molar-refractivity contribution in [3.05, 3.63) is 95.3 Å². The van der Waals surface area contributed by atoms with Gasteiger partial charge in [0.2, 0.25) is 5.91 Å². The first kappa shape index (κ1) is 22.9. The summed E-state index contributed by atoms with van der Waals surface area (Å²) in [6, 6.07) is 21.5. The van der Waals surface area contributed by atoms with Gasteiger partial charge in [-0.1, -0.05) is 54.1 Å². The van der Waals surface area contributed by atoms with Crippen LogP contribution in [0.2, 0.25) is 5.02 Å². The highest BCUT2D eigenvalue weighted by molar-refractivity contribution is 7.80. The Bertz CT molecular complexity index is 1170. The Kier molecular flexibility index (Phi) is 7.01. The number of halogens is 2. The van der Waals surface area contributed by atoms with Crippen molar-refractivity contribution in [1.82, 2.24) is 4.90 Å². The van der Waals surface area contributed by atoms with Crippen LogP contribution in [0.1, 0.15) is 12.0 Å². The molecule has 1 fully saturated rings. The quantitative estimate of drug-likeness (QED) is 0.480. The van der Waals surface area contributed by atoms with E-state index in [2.05, 4.69) is 5.32 Å². The minimum atomic E-state index is -0.947. The second kappa shape index (κ2) is 10.1. The molecule has 5 nitrogen and oxygen atoms in total. The van der Waals surface area contributed by atoms with Crippen LogP contribution >= 0.6 is 23.8 Å². The van der Waals surface area contributed by atoms with Crippen molar-refractivity contribution in [2.45, 2.75) is 18.9 Å². The average molecular weight is 482 g/mol. The molecule has 0 saturated carbocycles. The summed E-state index contributed by atoms with van der Waals surface area (Å²) in [5.41, 5.74) is 1.77. The first-order valence-corrected chi connectivity index (χ1v) is 11.2. The van der Waals surface area contributed by atoms with E-state index in [0.29, 0.717) is 23.7 Å². The fourth-order valence-corrected chi connectivity index (χ4v) is 4.29. The molecular weight excluding hydrogens is 461 g/mol. The smallest absolute Gasteiger partial charge is 0.252 e. The van der Waals surface area contributed by atoms with E-state index in [1.165, 1.54) is 15.9 Å². The normalized spacial score (nSPS) is 15.8. The van der Waals surface area contributed by atoms with E-state index in [1.807, 2.05) is 30.3 Å². The SMILES string of the molecule is O=C(CC1C(=O)N(CCc2ccccc2)C(=S)N1c1ccccc1F)Nc1ccc(Cl)cc1. The molecule has 1 N–H and O–H groups in total. The number of hydrogen-bond acceptors (Lipinski definition) is 3. The fourth-order valence-electron chi connectivity index (χ4n) is 3.76. The maximum atomic E-state index is 14.7. The molecule has 3 aromatic carbocycles. The molecule has 0 spiro atoms. The maximum absolute atomic E-state index is 14.7. The highest BCUT2D eigenvalue weighted by atomic mass is 35.5. The summed E-state index contributed by atoms with van der Waals surface area (Å²) < 4.78 is 14.7. The van der Waals surface area contributed by atoms with Gasteiger partial charge in [-0.15, -0.1) is 0 Å². The third-order valence-corrected chi connectivity index (χ3v) is 6.05. The number of thiocarbonyl (C=S) groups is 1. The van der Waals surface area contributed by atoms with Gasteiger partial charge in [-0.2, -0.15) is 0 Å². The van der Waals surface area contributed by atoms with E-state index in [1.54, 1.807) is 42.5 Å². The lowest BCUT2D eigenvalue weighted by molar-refractivity contribution is -0.129. The molecule has 0 bridgehead atoms. The highest BCUT2D eigenvalue weighted by Gasteiger charge is 2.44. The summed E-state index contributed by atoms with van der Waals surface area (Å²) in [6.45, 7) is 0.335. The zero-order valence-corrected chi connectivity index (χ0v) is 19.2. The third-order valence-electron chi connectivity index (χ3n) is 5.39. The molecule has 2 amide bonds. The van der Waals surface area contributed by atoms with E-state index in [-0.39, 0.29) is 29.0 Å². The van der Waals surface area contributed by atoms with Gasteiger partial charge in [-0.3, -0.25) is 14.5 Å². The minimum absolute atomic E-state index is 0.169. The molecule has 168 valence electrons. The molecule has 0 aromatic heterocycles. The number of rotatable bonds is 7. The second-order valence-electron chi connectivity index (χ2n) is 7.60. The Labute approximate surface area is 201 Å². The van der Waals surface area contributed by atoms with Crippen LogP contribution in [0, 0.1) is 5.82 Å². The molecule has 0 aliphatic carbocycles. The lowest BCUT2D eigenvalue weighted by Crippen LogP contribution is -2.38. The van der Waals surface area contributed by atoms with Crippen molar-refractivity contribution >= 4 is 52.1 Å². The van der Waals surface area contributed by atoms with Crippen LogP contribution in [0.4, 0.5) is 15.8 Å². The number of para-hydroxylation sites is 1. The molecule has 8 heteroatoms. The van der Waals surface area contributed by atoms with Gasteiger partial charge in [0.05, 0.1) is 12.1 Å². The Morgan fingerprint density at radius 1 is 1.00 bits per heavy atom. The number of anilines is 2. The van der Waals surface area contributed by atoms with Gasteiger partial charge in [0.25, 0.3) is 5.91 Å². The van der Waals surface area contributed by atoms with Crippen molar-refractivity contribution in [3.63, 3.8) is 0 Å². The molecule has 0 radical (unpaired) electrons. The first-order valence-electron chi connectivity index (χ1n) is 10.4. The number of carbonyl (C=O) groups excluding carboxylic acids is 2. The van der Waals surface area contributed by atoms with Gasteiger partial charge in [0, 0.05) is 17.3 Å². The second-order valence-corrected chi connectivity index (χ2v) is 8.41. The predicted molar refractivity (Wildman–Crippen MR) is 132 cm³/mol. The largest absolute Gasteiger partial charge is 0.326 e. The highest BCUT2D eigenvalue weighted by Crippen LogP contribution is 2.30. The maximum Gasteiger partial charge on any atom is 0.252 e. The van der Waals surface area contributed by atoms with Gasteiger partial charge in [0.15, 0.2) is 5.11 Å². The standard InChI is InChI=1S/C25H21ClFN3O2S/c26-18-10-12-19(13-11-18)28-23(31)16-22-24(32)29(15-14-17-6-2-1-3-7-17)25(33)30(22)21-9-5-4-8-20(21)27/h1-13,22H,14-16H2,(H,28,31). The molecule has 1 heterocycles. The van der Waals surface area contributed by atoms with Crippen molar-refractivity contribution < 1.29 is 14.0 Å². The van der Waals surface area contributed by atoms with Crippen molar-refractivity contribution in [1.29, 1.82) is 0 Å². The summed E-state index contributed by atoms with van der Waals surface area (Å²) in [7, 11) is 0. The van der Waals surface area contributed by atoms with Gasteiger partial charge < -0.3 is 10.2 Å². The molecule has 4 rings (SSSR count). The van der Waals surface area contributed by atoms with Gasteiger partial charge in [-0.05, 0) is 60.6 Å². The van der Waals surface area contributed by atoms with Crippen LogP contribution in [0.5, 0.6) is 0 Å². The van der Waals surface area contributed by atoms with Crippen molar-refractivity contribution in [3.8, 4) is 0 Å². The van der Waals surface area contributed by atoms with Crippen LogP contribution in [0.3, 0.4) is 0 Å². The molecular formula is C25H21ClFN3O2S. The first-order chi connectivity index (χ1) is 15.9. The molecule has 1 unspecified atom stereocenters. The van der Waals surface area contributed by atoms with Crippen LogP contribution in [-0.4, -0.2) is 34.4 Å². The number of nitrogens with zero attached hydrogens (tertiary/aromatic N) is 2. The van der Waals surface area contributed by atoms with Crippen LogP contribution in [0.15, 0.2) is 78.9 Å². The van der Waals surface area contributed by atoms with Gasteiger partial charge in [-0.25, -0.2) is 4.39 Å². The van der Waals surface area contributed by atoms with Gasteiger partial charge >= 0.3 is 0 Å². The van der Waals surface area contributed by atoms with Crippen LogP contribution < -0.4 is 10.2 Å². The Hall–Kier alpha value is -3.29. The van der Waals surface area contributed by atoms with E-state index in [0.717, 1.165) is 5.56 Å². The van der Waals surface area contributed by atoms with E-state index in [4.69, 9.17) is 23.8 Å². The van der Waals surface area contributed by atoms with E-state index in [9.17, 15) is 14.0 Å². The summed E-state index contributed by atoms with van der Waals surface area (Å²) >= 11 is 11.5. The zero-order chi connectivity index (χ0) is 23.4. The van der Waals surface area contributed by atoms with Crippen LogP contribution in [0.25, 0.3) is 0 Å². The molecule has 1 atom stereocenters. The number of hydrogen-bond donors (Lipinski definition) is 1. The lowest BCUT2D eigenvalue weighted by atomic mass is 10.1. The summed E-state index contributed by atoms with van der Waals surface area (Å²) in [4.78, 5) is 29.0. The van der Waals surface area contributed by atoms with Crippen molar-refractivity contribution in [2.75, 3.05) is 16.8 Å². The number of carbonyl (C=O) groups is 2. The number of amides is 2. The molecule has 3 aromatic rings. The minimum Gasteiger partial charge on any atom is -0.326 e. The number of nitrogens with one attached hydrogen (secondary N) is 1. The molecule has 1 aliphatic heterocycles. The Morgan fingerprint density at radius 2 is 1.67 bits per heavy atom. The molecule has 1 aliphatic rings. The molecule has 33 heavy (non-hydrogen) atoms. The van der Waals surface area contributed by atoms with Gasteiger partial charge in [0.1, 0.15) is 11.9 Å². The third kappa shape index (κ3) is 5.21. The fraction of sp³-hybridized carbons (Fsp3) is 0.160. The number of benzene rings is 3. The Balaban J connectivity index is 1.56.